The van der Waals surface area contributed by atoms with Crippen LogP contribution in [-0.2, 0) is 9.53 Å². The minimum Gasteiger partial charge on any atom is -0.449 e. The van der Waals surface area contributed by atoms with Gasteiger partial charge in [0, 0.05) is 31.4 Å². The molecule has 8 nitrogen and oxygen atoms in total. The summed E-state index contributed by atoms with van der Waals surface area (Å²) in [6.45, 7) is 5.77. The Hall–Kier alpha value is -2.77. The van der Waals surface area contributed by atoms with Crippen molar-refractivity contribution < 1.29 is 19.1 Å². The van der Waals surface area contributed by atoms with Gasteiger partial charge in [0.2, 0.25) is 11.8 Å². The van der Waals surface area contributed by atoms with Gasteiger partial charge in [0.05, 0.1) is 13.3 Å². The van der Waals surface area contributed by atoms with Gasteiger partial charge in [-0.15, -0.1) is 0 Å². The van der Waals surface area contributed by atoms with Crippen LogP contribution in [-0.4, -0.2) is 66.7 Å². The molecule has 2 saturated heterocycles. The molecule has 0 atom stereocenters. The van der Waals surface area contributed by atoms with Gasteiger partial charge < -0.3 is 25.2 Å². The van der Waals surface area contributed by atoms with E-state index in [-0.39, 0.29) is 17.9 Å². The first kappa shape index (κ1) is 20.0. The normalized spacial score (nSPS) is 18.9. The molecule has 0 unspecified atom stereocenters. The molecule has 2 fully saturated rings. The lowest BCUT2D eigenvalue weighted by Crippen LogP contribution is -2.57. The molecule has 1 aromatic carbocycles. The summed E-state index contributed by atoms with van der Waals surface area (Å²) in [4.78, 5) is 42.0. The van der Waals surface area contributed by atoms with E-state index in [1.165, 1.54) is 0 Å². The minimum absolute atomic E-state index is 0.0571. The standard InChI is InChI=1S/C20H28N4O4/c1-14(2)12-28-19(27)23-10-8-20(9-11-23)18(26)22(3)13-24(20)16-6-4-15(5-7-16)17(21)25/h4-7,14H,8-13H2,1-3H3,(H2,21,25). The summed E-state index contributed by atoms with van der Waals surface area (Å²) in [5.41, 5.74) is 5.93. The van der Waals surface area contributed by atoms with Crippen molar-refractivity contribution in [2.45, 2.75) is 32.2 Å². The van der Waals surface area contributed by atoms with Crippen molar-refractivity contribution in [3.8, 4) is 0 Å². The number of amides is 3. The number of hydrogen-bond acceptors (Lipinski definition) is 5. The van der Waals surface area contributed by atoms with Crippen molar-refractivity contribution in [3.63, 3.8) is 0 Å². The second-order valence-corrected chi connectivity index (χ2v) is 7.97. The highest BCUT2D eigenvalue weighted by atomic mass is 16.6. The van der Waals surface area contributed by atoms with Crippen molar-refractivity contribution in [1.29, 1.82) is 0 Å². The maximum Gasteiger partial charge on any atom is 0.409 e. The summed E-state index contributed by atoms with van der Waals surface area (Å²) in [5.74, 6) is -0.144. The van der Waals surface area contributed by atoms with E-state index < -0.39 is 11.4 Å². The Morgan fingerprint density at radius 2 is 1.79 bits per heavy atom. The zero-order chi connectivity index (χ0) is 20.5. The smallest absolute Gasteiger partial charge is 0.409 e. The van der Waals surface area contributed by atoms with Gasteiger partial charge in [-0.1, -0.05) is 13.8 Å². The molecule has 1 spiro atoms. The van der Waals surface area contributed by atoms with Crippen molar-refractivity contribution in [3.05, 3.63) is 29.8 Å². The predicted molar refractivity (Wildman–Crippen MR) is 105 cm³/mol. The van der Waals surface area contributed by atoms with E-state index in [9.17, 15) is 14.4 Å². The molecule has 2 aliphatic rings. The first-order chi connectivity index (χ1) is 13.2. The lowest BCUT2D eigenvalue weighted by molar-refractivity contribution is -0.132. The summed E-state index contributed by atoms with van der Waals surface area (Å²) in [6.07, 6.45) is 0.745. The van der Waals surface area contributed by atoms with Gasteiger partial charge >= 0.3 is 6.09 Å². The third-order valence-corrected chi connectivity index (χ3v) is 5.47. The molecule has 3 rings (SSSR count). The zero-order valence-electron chi connectivity index (χ0n) is 16.7. The van der Waals surface area contributed by atoms with Crippen LogP contribution in [0.3, 0.4) is 0 Å². The number of nitrogens with two attached hydrogens (primary N) is 1. The van der Waals surface area contributed by atoms with Crippen molar-refractivity contribution in [1.82, 2.24) is 9.80 Å². The van der Waals surface area contributed by atoms with Crippen LogP contribution < -0.4 is 10.6 Å². The van der Waals surface area contributed by atoms with E-state index in [0.717, 1.165) is 5.69 Å². The quantitative estimate of drug-likeness (QED) is 0.846. The first-order valence-corrected chi connectivity index (χ1v) is 9.59. The Kier molecular flexibility index (Phi) is 5.49. The van der Waals surface area contributed by atoms with E-state index >= 15 is 0 Å². The zero-order valence-corrected chi connectivity index (χ0v) is 16.7. The van der Waals surface area contributed by atoms with Gasteiger partial charge in [0.25, 0.3) is 0 Å². The highest BCUT2D eigenvalue weighted by Gasteiger charge is 2.53. The number of likely N-dealkylation sites (N-methyl/N-ethyl adjacent to an activating group) is 1. The van der Waals surface area contributed by atoms with Crippen LogP contribution >= 0.6 is 0 Å². The van der Waals surface area contributed by atoms with Gasteiger partial charge in [0.1, 0.15) is 5.54 Å². The van der Waals surface area contributed by atoms with Crippen LogP contribution in [0, 0.1) is 5.92 Å². The molecule has 0 aromatic heterocycles. The Morgan fingerprint density at radius 3 is 2.32 bits per heavy atom. The number of carbonyl (C=O) groups excluding carboxylic acids is 3. The number of piperidine rings is 1. The molecule has 2 N–H and O–H groups in total. The second kappa shape index (κ2) is 7.69. The average Bonchev–Trinajstić information content (AvgIpc) is 2.92. The van der Waals surface area contributed by atoms with E-state index in [2.05, 4.69) is 4.90 Å². The predicted octanol–water partition coefficient (Wildman–Crippen LogP) is 1.65. The SMILES string of the molecule is CC(C)COC(=O)N1CCC2(CC1)C(=O)N(C)CN2c1ccc(C(N)=O)cc1. The van der Waals surface area contributed by atoms with E-state index in [4.69, 9.17) is 10.5 Å². The van der Waals surface area contributed by atoms with Gasteiger partial charge in [-0.3, -0.25) is 9.59 Å². The maximum atomic E-state index is 13.0. The third kappa shape index (κ3) is 3.63. The molecule has 152 valence electrons. The Labute approximate surface area is 165 Å². The number of ether oxygens (including phenoxy) is 1. The second-order valence-electron chi connectivity index (χ2n) is 7.97. The molecule has 28 heavy (non-hydrogen) atoms. The molecule has 0 aliphatic carbocycles. The van der Waals surface area contributed by atoms with Gasteiger partial charge in [-0.2, -0.15) is 0 Å². The van der Waals surface area contributed by atoms with Gasteiger partial charge in [-0.05, 0) is 43.0 Å². The Balaban J connectivity index is 1.76. The third-order valence-electron chi connectivity index (χ3n) is 5.47. The van der Waals surface area contributed by atoms with Crippen LogP contribution in [0.5, 0.6) is 0 Å². The summed E-state index contributed by atoms with van der Waals surface area (Å²) in [5, 5.41) is 0. The average molecular weight is 388 g/mol. The fourth-order valence-electron chi connectivity index (χ4n) is 3.89. The van der Waals surface area contributed by atoms with E-state index in [0.29, 0.717) is 44.8 Å². The lowest BCUT2D eigenvalue weighted by Gasteiger charge is -2.43. The number of nitrogens with zero attached hydrogens (tertiary/aromatic N) is 3. The molecular weight excluding hydrogens is 360 g/mol. The number of rotatable bonds is 4. The van der Waals surface area contributed by atoms with Gasteiger partial charge in [0.15, 0.2) is 0 Å². The molecule has 0 saturated carbocycles. The summed E-state index contributed by atoms with van der Waals surface area (Å²) >= 11 is 0. The molecule has 1 aromatic rings. The maximum absolute atomic E-state index is 13.0. The van der Waals surface area contributed by atoms with Crippen LogP contribution in [0.4, 0.5) is 10.5 Å². The lowest BCUT2D eigenvalue weighted by atomic mass is 9.85. The number of anilines is 1. The molecular formula is C20H28N4O4. The number of hydrogen-bond donors (Lipinski definition) is 1. The summed E-state index contributed by atoms with van der Waals surface area (Å²) < 4.78 is 5.32. The number of benzene rings is 1. The summed E-state index contributed by atoms with van der Waals surface area (Å²) in [6, 6.07) is 6.98. The fourth-order valence-corrected chi connectivity index (χ4v) is 3.89. The van der Waals surface area contributed by atoms with Crippen LogP contribution in [0.15, 0.2) is 24.3 Å². The molecule has 2 heterocycles. The fraction of sp³-hybridized carbons (Fsp3) is 0.550. The first-order valence-electron chi connectivity index (χ1n) is 9.59. The Bertz CT molecular complexity index is 754. The molecule has 3 amide bonds. The topological polar surface area (TPSA) is 96.2 Å². The van der Waals surface area contributed by atoms with Crippen molar-refractivity contribution in [2.24, 2.45) is 11.7 Å². The van der Waals surface area contributed by atoms with Crippen LogP contribution in [0.25, 0.3) is 0 Å². The van der Waals surface area contributed by atoms with E-state index in [1.807, 2.05) is 26.0 Å². The monoisotopic (exact) mass is 388 g/mol. The molecule has 0 bridgehead atoms. The minimum atomic E-state index is -0.683. The number of likely N-dealkylation sites (tertiary alicyclic amines) is 1. The van der Waals surface area contributed by atoms with Crippen molar-refractivity contribution >= 4 is 23.6 Å². The molecule has 2 aliphatic heterocycles. The van der Waals surface area contributed by atoms with Crippen molar-refractivity contribution in [2.75, 3.05) is 38.3 Å². The number of carbonyl (C=O) groups is 3. The summed E-state index contributed by atoms with van der Waals surface area (Å²) in [7, 11) is 1.78. The van der Waals surface area contributed by atoms with Gasteiger partial charge in [-0.25, -0.2) is 4.79 Å². The highest BCUT2D eigenvalue weighted by Crippen LogP contribution is 2.39. The molecule has 8 heteroatoms. The largest absolute Gasteiger partial charge is 0.449 e. The van der Waals surface area contributed by atoms with E-state index in [1.54, 1.807) is 29.0 Å². The Morgan fingerprint density at radius 1 is 1.18 bits per heavy atom. The van der Waals surface area contributed by atoms with Crippen LogP contribution in [0.2, 0.25) is 0 Å². The molecule has 0 radical (unpaired) electrons. The number of primary amides is 1. The van der Waals surface area contributed by atoms with Crippen LogP contribution in [0.1, 0.15) is 37.0 Å². The highest BCUT2D eigenvalue weighted by molar-refractivity contribution is 5.95.